The molecule has 0 aliphatic carbocycles. The zero-order valence-electron chi connectivity index (χ0n) is 13.5. The second-order valence-electron chi connectivity index (χ2n) is 5.35. The van der Waals surface area contributed by atoms with Gasteiger partial charge in [0.1, 0.15) is 0 Å². The van der Waals surface area contributed by atoms with Crippen molar-refractivity contribution in [3.05, 3.63) is 46.7 Å². The number of ether oxygens (including phenoxy) is 1. The molecule has 2 rings (SSSR count). The number of carbonyl (C=O) groups is 2. The summed E-state index contributed by atoms with van der Waals surface area (Å²) in [6.07, 6.45) is 0. The number of rotatable bonds is 3. The molecule has 2 N–H and O–H groups in total. The van der Waals surface area contributed by atoms with Gasteiger partial charge in [-0.25, -0.2) is 4.79 Å². The van der Waals surface area contributed by atoms with Crippen LogP contribution in [0.1, 0.15) is 28.9 Å². The van der Waals surface area contributed by atoms with Gasteiger partial charge in [0, 0.05) is 19.8 Å². The number of thiocarbonyl (C=S) groups is 1. The number of hydrogen-bond acceptors (Lipinski definition) is 4. The van der Waals surface area contributed by atoms with Crippen LogP contribution < -0.4 is 10.6 Å². The summed E-state index contributed by atoms with van der Waals surface area (Å²) in [6, 6.07) is 6.49. The highest BCUT2D eigenvalue weighted by atomic mass is 32.1. The molecule has 122 valence electrons. The van der Waals surface area contributed by atoms with Crippen molar-refractivity contribution in [1.82, 2.24) is 15.5 Å². The largest absolute Gasteiger partial charge is 0.465 e. The van der Waals surface area contributed by atoms with Crippen molar-refractivity contribution in [3.63, 3.8) is 0 Å². The van der Waals surface area contributed by atoms with Crippen LogP contribution >= 0.6 is 12.2 Å². The Morgan fingerprint density at radius 2 is 1.91 bits per heavy atom. The standard InChI is InChI=1S/C16H19N3O3S/c1-9-12(14(20)19(2)3)13(18-16(23)17-9)10-7-5-6-8-11(10)15(21)22-4/h5-8,13H,1-4H3,(H2,17,18,23). The van der Waals surface area contributed by atoms with Crippen molar-refractivity contribution < 1.29 is 14.3 Å². The Bertz CT molecular complexity index is 698. The minimum atomic E-state index is -0.519. The smallest absolute Gasteiger partial charge is 0.338 e. The van der Waals surface area contributed by atoms with E-state index in [0.29, 0.717) is 27.5 Å². The van der Waals surface area contributed by atoms with Crippen LogP contribution in [-0.4, -0.2) is 43.1 Å². The molecule has 0 fully saturated rings. The summed E-state index contributed by atoms with van der Waals surface area (Å²) in [5, 5.41) is 6.44. The van der Waals surface area contributed by atoms with Gasteiger partial charge in [0.15, 0.2) is 5.11 Å². The van der Waals surface area contributed by atoms with E-state index in [4.69, 9.17) is 17.0 Å². The number of esters is 1. The molecule has 0 bridgehead atoms. The van der Waals surface area contributed by atoms with E-state index in [1.165, 1.54) is 12.0 Å². The lowest BCUT2D eigenvalue weighted by molar-refractivity contribution is -0.125. The van der Waals surface area contributed by atoms with Gasteiger partial charge in [0.2, 0.25) is 0 Å². The van der Waals surface area contributed by atoms with E-state index >= 15 is 0 Å². The fraction of sp³-hybridized carbons (Fsp3) is 0.312. The number of likely N-dealkylation sites (N-methyl/N-ethyl adjacent to an activating group) is 1. The molecule has 7 heteroatoms. The molecule has 1 amide bonds. The first-order valence-corrected chi connectivity index (χ1v) is 7.44. The third kappa shape index (κ3) is 3.34. The number of methoxy groups -OCH3 is 1. The van der Waals surface area contributed by atoms with Crippen LogP contribution in [0, 0.1) is 0 Å². The Balaban J connectivity index is 2.60. The van der Waals surface area contributed by atoms with Crippen LogP contribution in [0.5, 0.6) is 0 Å². The van der Waals surface area contributed by atoms with Gasteiger partial charge in [0.25, 0.3) is 5.91 Å². The van der Waals surface area contributed by atoms with Gasteiger partial charge in [-0.2, -0.15) is 0 Å². The first-order valence-electron chi connectivity index (χ1n) is 7.04. The molecule has 0 saturated carbocycles. The van der Waals surface area contributed by atoms with E-state index in [2.05, 4.69) is 10.6 Å². The Morgan fingerprint density at radius 1 is 1.26 bits per heavy atom. The molecule has 1 atom stereocenters. The fourth-order valence-corrected chi connectivity index (χ4v) is 2.77. The molecular formula is C16H19N3O3S. The maximum Gasteiger partial charge on any atom is 0.338 e. The summed E-state index contributed by atoms with van der Waals surface area (Å²) in [7, 11) is 4.68. The number of benzene rings is 1. The monoisotopic (exact) mass is 333 g/mol. The molecule has 1 unspecified atom stereocenters. The Hall–Kier alpha value is -2.41. The van der Waals surface area contributed by atoms with E-state index in [-0.39, 0.29) is 5.91 Å². The second-order valence-corrected chi connectivity index (χ2v) is 5.76. The lowest BCUT2D eigenvalue weighted by Gasteiger charge is -2.32. The van der Waals surface area contributed by atoms with Crippen LogP contribution in [0.25, 0.3) is 0 Å². The van der Waals surface area contributed by atoms with Crippen LogP contribution in [0.3, 0.4) is 0 Å². The molecule has 0 saturated heterocycles. The van der Waals surface area contributed by atoms with Crippen LogP contribution in [0.15, 0.2) is 35.5 Å². The Morgan fingerprint density at radius 3 is 2.52 bits per heavy atom. The average Bonchev–Trinajstić information content (AvgIpc) is 2.52. The third-order valence-corrected chi connectivity index (χ3v) is 3.80. The number of nitrogens with one attached hydrogen (secondary N) is 2. The summed E-state index contributed by atoms with van der Waals surface area (Å²) >= 11 is 5.20. The normalized spacial score (nSPS) is 17.2. The predicted molar refractivity (Wildman–Crippen MR) is 90.8 cm³/mol. The quantitative estimate of drug-likeness (QED) is 0.643. The third-order valence-electron chi connectivity index (χ3n) is 3.58. The van der Waals surface area contributed by atoms with Crippen molar-refractivity contribution in [1.29, 1.82) is 0 Å². The first-order chi connectivity index (χ1) is 10.9. The maximum atomic E-state index is 12.6. The molecule has 1 aromatic rings. The van der Waals surface area contributed by atoms with E-state index < -0.39 is 12.0 Å². The summed E-state index contributed by atoms with van der Waals surface area (Å²) in [5.41, 5.74) is 2.22. The molecule has 0 radical (unpaired) electrons. The number of hydrogen-bond donors (Lipinski definition) is 2. The minimum Gasteiger partial charge on any atom is -0.465 e. The highest BCUT2D eigenvalue weighted by molar-refractivity contribution is 7.80. The molecule has 0 spiro atoms. The highest BCUT2D eigenvalue weighted by Crippen LogP contribution is 2.30. The molecule has 1 heterocycles. The lowest BCUT2D eigenvalue weighted by atomic mass is 9.91. The van der Waals surface area contributed by atoms with Crippen molar-refractivity contribution >= 4 is 29.2 Å². The molecule has 1 aliphatic rings. The van der Waals surface area contributed by atoms with E-state index in [9.17, 15) is 9.59 Å². The number of carbonyl (C=O) groups excluding carboxylic acids is 2. The van der Waals surface area contributed by atoms with Crippen LogP contribution in [-0.2, 0) is 9.53 Å². The van der Waals surface area contributed by atoms with E-state index in [0.717, 1.165) is 0 Å². The van der Waals surface area contributed by atoms with Gasteiger partial charge in [-0.05, 0) is 30.8 Å². The van der Waals surface area contributed by atoms with E-state index in [1.54, 1.807) is 39.2 Å². The van der Waals surface area contributed by atoms with Crippen molar-refractivity contribution in [2.45, 2.75) is 13.0 Å². The number of allylic oxidation sites excluding steroid dienone is 1. The van der Waals surface area contributed by atoms with Crippen molar-refractivity contribution in [2.75, 3.05) is 21.2 Å². The molecule has 1 aliphatic heterocycles. The van der Waals surface area contributed by atoms with E-state index in [1.807, 2.05) is 6.07 Å². The lowest BCUT2D eigenvalue weighted by Crippen LogP contribution is -2.47. The maximum absolute atomic E-state index is 12.6. The van der Waals surface area contributed by atoms with Crippen LogP contribution in [0.2, 0.25) is 0 Å². The highest BCUT2D eigenvalue weighted by Gasteiger charge is 2.33. The van der Waals surface area contributed by atoms with Gasteiger partial charge in [-0.15, -0.1) is 0 Å². The summed E-state index contributed by atoms with van der Waals surface area (Å²) < 4.78 is 4.84. The summed E-state index contributed by atoms with van der Waals surface area (Å²) in [6.45, 7) is 1.79. The SMILES string of the molecule is COC(=O)c1ccccc1C1NC(=S)NC(C)=C1C(=O)N(C)C. The predicted octanol–water partition coefficient (Wildman–Crippen LogP) is 1.35. The molecule has 6 nitrogen and oxygen atoms in total. The van der Waals surface area contributed by atoms with Crippen molar-refractivity contribution in [3.8, 4) is 0 Å². The summed E-state index contributed by atoms with van der Waals surface area (Å²) in [5.74, 6) is -0.615. The van der Waals surface area contributed by atoms with Crippen LogP contribution in [0.4, 0.5) is 0 Å². The van der Waals surface area contributed by atoms with Gasteiger partial charge >= 0.3 is 5.97 Å². The number of nitrogens with zero attached hydrogens (tertiary/aromatic N) is 1. The van der Waals surface area contributed by atoms with Gasteiger partial charge in [-0.3, -0.25) is 4.79 Å². The average molecular weight is 333 g/mol. The second kappa shape index (κ2) is 6.78. The Kier molecular flexibility index (Phi) is 5.00. The van der Waals surface area contributed by atoms with Gasteiger partial charge < -0.3 is 20.3 Å². The summed E-state index contributed by atoms with van der Waals surface area (Å²) in [4.78, 5) is 26.1. The molecule has 23 heavy (non-hydrogen) atoms. The Labute approximate surface area is 140 Å². The minimum absolute atomic E-state index is 0.158. The number of amides is 1. The van der Waals surface area contributed by atoms with Gasteiger partial charge in [0.05, 0.1) is 24.3 Å². The first kappa shape index (κ1) is 17.0. The van der Waals surface area contributed by atoms with Crippen molar-refractivity contribution in [2.24, 2.45) is 0 Å². The van der Waals surface area contributed by atoms with Gasteiger partial charge in [-0.1, -0.05) is 18.2 Å². The zero-order valence-corrected chi connectivity index (χ0v) is 14.3. The molecule has 1 aromatic carbocycles. The topological polar surface area (TPSA) is 70.7 Å². The molecule has 0 aromatic heterocycles. The zero-order chi connectivity index (χ0) is 17.1. The molecular weight excluding hydrogens is 314 g/mol. The fourth-order valence-electron chi connectivity index (χ4n) is 2.50.